The van der Waals surface area contributed by atoms with E-state index in [4.69, 9.17) is 4.74 Å². The minimum atomic E-state index is -0.662. The monoisotopic (exact) mass is 1190 g/mol. The third-order valence-electron chi connectivity index (χ3n) is 18.9. The van der Waals surface area contributed by atoms with Gasteiger partial charge in [0.25, 0.3) is 0 Å². The molecule has 1 amide bonds. The fraction of sp³-hybridized carbons (Fsp3) is 0.974. The number of carbonyl (C=O) groups excluding carboxylic acids is 2. The maximum atomic E-state index is 12.6. The van der Waals surface area contributed by atoms with Crippen LogP contribution in [0.5, 0.6) is 0 Å². The fourth-order valence-corrected chi connectivity index (χ4v) is 12.9. The molecule has 3 N–H and O–H groups in total. The lowest BCUT2D eigenvalue weighted by Gasteiger charge is -2.22. The van der Waals surface area contributed by atoms with Gasteiger partial charge in [0.1, 0.15) is 0 Å². The topological polar surface area (TPSA) is 95.9 Å². The van der Waals surface area contributed by atoms with E-state index in [9.17, 15) is 19.8 Å². The number of nitrogens with one attached hydrogen (secondary N) is 1. The van der Waals surface area contributed by atoms with Crippen molar-refractivity contribution in [3.63, 3.8) is 0 Å². The summed E-state index contributed by atoms with van der Waals surface area (Å²) in [4.78, 5) is 24.7. The van der Waals surface area contributed by atoms with Crippen LogP contribution in [0.1, 0.15) is 463 Å². The van der Waals surface area contributed by atoms with Crippen LogP contribution in [-0.2, 0) is 14.3 Å². The van der Waals surface area contributed by atoms with Crippen LogP contribution < -0.4 is 5.32 Å². The second-order valence-corrected chi connectivity index (χ2v) is 27.4. The molecule has 0 fully saturated rings. The van der Waals surface area contributed by atoms with Gasteiger partial charge in [-0.25, -0.2) is 0 Å². The largest absolute Gasteiger partial charge is 0.466 e. The number of aliphatic hydroxyl groups is 2. The third-order valence-corrected chi connectivity index (χ3v) is 18.9. The molecule has 502 valence electrons. The first-order valence-corrected chi connectivity index (χ1v) is 39.3. The van der Waals surface area contributed by atoms with Gasteiger partial charge in [-0.3, -0.25) is 9.59 Å². The Labute approximate surface area is 527 Å². The van der Waals surface area contributed by atoms with E-state index in [0.29, 0.717) is 25.9 Å². The van der Waals surface area contributed by atoms with Gasteiger partial charge in [0.2, 0.25) is 5.91 Å². The molecule has 0 saturated heterocycles. The molecule has 6 heteroatoms. The second kappa shape index (κ2) is 74.3. The Bertz CT molecular complexity index is 1230. The molecule has 0 aliphatic heterocycles. The minimum absolute atomic E-state index is 0.0253. The SMILES string of the molecule is CCCCCCCCCCCCCCCCCCCCCCC(O)C(CO)NC(=O)CCCCCCCCCCCCCCCCCCCCCCCCCCCCCCOC(=O)CCCCCCCCCCCCCCCCCCCCC. The Morgan fingerprint density at radius 1 is 0.286 bits per heavy atom. The quantitative estimate of drug-likeness (QED) is 0.0417. The van der Waals surface area contributed by atoms with Crippen LogP contribution in [0.15, 0.2) is 0 Å². The molecule has 0 heterocycles. The summed E-state index contributed by atoms with van der Waals surface area (Å²) in [6, 6.07) is -0.539. The van der Waals surface area contributed by atoms with Crippen LogP contribution in [-0.4, -0.2) is 47.4 Å². The van der Waals surface area contributed by atoms with Gasteiger partial charge in [0, 0.05) is 12.8 Å². The molecule has 0 aromatic rings. The summed E-state index contributed by atoms with van der Waals surface area (Å²) in [5.74, 6) is -0.000675. The van der Waals surface area contributed by atoms with Crippen LogP contribution >= 0.6 is 0 Å². The molecule has 0 bridgehead atoms. The van der Waals surface area contributed by atoms with Gasteiger partial charge in [0.15, 0.2) is 0 Å². The van der Waals surface area contributed by atoms with Gasteiger partial charge in [-0.1, -0.05) is 425 Å². The van der Waals surface area contributed by atoms with E-state index in [1.54, 1.807) is 0 Å². The number of esters is 1. The zero-order chi connectivity index (χ0) is 60.6. The number of rotatable bonds is 75. The predicted molar refractivity (Wildman–Crippen MR) is 371 cm³/mol. The maximum absolute atomic E-state index is 12.6. The summed E-state index contributed by atoms with van der Waals surface area (Å²) in [7, 11) is 0. The van der Waals surface area contributed by atoms with E-state index >= 15 is 0 Å². The highest BCUT2D eigenvalue weighted by Gasteiger charge is 2.20. The Balaban J connectivity index is 3.32. The Hall–Kier alpha value is -1.14. The van der Waals surface area contributed by atoms with Crippen LogP contribution in [0, 0.1) is 0 Å². The van der Waals surface area contributed by atoms with Gasteiger partial charge >= 0.3 is 5.97 Å². The Morgan fingerprint density at radius 3 is 0.726 bits per heavy atom. The highest BCUT2D eigenvalue weighted by Crippen LogP contribution is 2.21. The van der Waals surface area contributed by atoms with E-state index in [2.05, 4.69) is 19.2 Å². The Morgan fingerprint density at radius 2 is 0.488 bits per heavy atom. The van der Waals surface area contributed by atoms with E-state index < -0.39 is 12.1 Å². The molecule has 2 atom stereocenters. The first kappa shape index (κ1) is 82.9. The lowest BCUT2D eigenvalue weighted by Crippen LogP contribution is -2.45. The summed E-state index contributed by atoms with van der Waals surface area (Å²) in [6.45, 7) is 5.02. The summed E-state index contributed by atoms with van der Waals surface area (Å²) in [6.07, 6.45) is 91.9. The van der Waals surface area contributed by atoms with Gasteiger partial charge in [-0.2, -0.15) is 0 Å². The molecule has 0 aliphatic rings. The first-order valence-electron chi connectivity index (χ1n) is 39.3. The van der Waals surface area contributed by atoms with Crippen molar-refractivity contribution in [3.8, 4) is 0 Å². The molecule has 2 unspecified atom stereocenters. The highest BCUT2D eigenvalue weighted by molar-refractivity contribution is 5.76. The molecule has 84 heavy (non-hydrogen) atoms. The fourth-order valence-electron chi connectivity index (χ4n) is 12.9. The molecule has 0 aromatic carbocycles. The Kier molecular flexibility index (Phi) is 73.3. The number of hydrogen-bond donors (Lipinski definition) is 3. The van der Waals surface area contributed by atoms with Crippen molar-refractivity contribution in [3.05, 3.63) is 0 Å². The van der Waals surface area contributed by atoms with Crippen LogP contribution in [0.25, 0.3) is 0 Å². The zero-order valence-electron chi connectivity index (χ0n) is 57.7. The van der Waals surface area contributed by atoms with Gasteiger partial charge in [-0.15, -0.1) is 0 Å². The third kappa shape index (κ3) is 70.0. The number of hydrogen-bond acceptors (Lipinski definition) is 5. The number of aliphatic hydroxyl groups excluding tert-OH is 2. The van der Waals surface area contributed by atoms with Crippen molar-refractivity contribution in [2.45, 2.75) is 475 Å². The molecule has 0 rings (SSSR count). The number of carbonyl (C=O) groups is 2. The lowest BCUT2D eigenvalue weighted by molar-refractivity contribution is -0.143. The van der Waals surface area contributed by atoms with Gasteiger partial charge in [-0.05, 0) is 25.7 Å². The van der Waals surface area contributed by atoms with Gasteiger partial charge < -0.3 is 20.3 Å². The van der Waals surface area contributed by atoms with Crippen LogP contribution in [0.2, 0.25) is 0 Å². The maximum Gasteiger partial charge on any atom is 0.305 e. The summed E-state index contributed by atoms with van der Waals surface area (Å²) >= 11 is 0. The molecular weight excluding hydrogens is 1030 g/mol. The standard InChI is InChI=1S/C78H155NO5/c1-3-5-7-9-11-13-15-17-19-21-23-35-38-42-46-50-54-58-62-66-70-76(81)75(74-80)79-77(82)71-67-63-59-55-51-47-43-39-36-32-30-28-26-24-25-27-29-31-33-37-41-45-49-53-57-61-65-69-73-84-78(83)72-68-64-60-56-52-48-44-40-34-22-20-18-16-14-12-10-8-6-4-2/h75-76,80-81H,3-74H2,1-2H3,(H,79,82). The van der Waals surface area contributed by atoms with Crippen molar-refractivity contribution in [2.24, 2.45) is 0 Å². The second-order valence-electron chi connectivity index (χ2n) is 27.4. The van der Waals surface area contributed by atoms with Crippen molar-refractivity contribution in [1.82, 2.24) is 5.32 Å². The van der Waals surface area contributed by atoms with Crippen LogP contribution in [0.3, 0.4) is 0 Å². The van der Waals surface area contributed by atoms with E-state index in [1.807, 2.05) is 0 Å². The normalized spacial score (nSPS) is 12.4. The van der Waals surface area contributed by atoms with Crippen molar-refractivity contribution in [2.75, 3.05) is 13.2 Å². The number of ether oxygens (including phenoxy) is 1. The predicted octanol–water partition coefficient (Wildman–Crippen LogP) is 25.7. The average molecular weight is 1190 g/mol. The summed E-state index contributed by atoms with van der Waals surface area (Å²) in [5.41, 5.74) is 0. The van der Waals surface area contributed by atoms with Crippen molar-refractivity contribution in [1.29, 1.82) is 0 Å². The van der Waals surface area contributed by atoms with Crippen molar-refractivity contribution >= 4 is 11.9 Å². The molecule has 0 saturated carbocycles. The molecular formula is C78H155NO5. The smallest absolute Gasteiger partial charge is 0.305 e. The van der Waals surface area contributed by atoms with E-state index in [1.165, 1.54) is 392 Å². The van der Waals surface area contributed by atoms with E-state index in [-0.39, 0.29) is 18.5 Å². The van der Waals surface area contributed by atoms with Gasteiger partial charge in [0.05, 0.1) is 25.4 Å². The van der Waals surface area contributed by atoms with Crippen molar-refractivity contribution < 1.29 is 24.5 Å². The minimum Gasteiger partial charge on any atom is -0.466 e. The van der Waals surface area contributed by atoms with E-state index in [0.717, 1.165) is 38.5 Å². The number of amides is 1. The average Bonchev–Trinajstić information content (AvgIpc) is 3.51. The molecule has 0 radical (unpaired) electrons. The molecule has 0 aromatic heterocycles. The molecule has 0 spiro atoms. The molecule has 6 nitrogen and oxygen atoms in total. The zero-order valence-corrected chi connectivity index (χ0v) is 57.7. The lowest BCUT2D eigenvalue weighted by atomic mass is 10.0. The number of unbranched alkanes of at least 4 members (excludes halogenated alkanes) is 64. The summed E-state index contributed by atoms with van der Waals surface area (Å²) < 4.78 is 5.52. The van der Waals surface area contributed by atoms with Crippen LogP contribution in [0.4, 0.5) is 0 Å². The first-order chi connectivity index (χ1) is 41.5. The summed E-state index contributed by atoms with van der Waals surface area (Å²) in [5, 5.41) is 23.4. The molecule has 0 aliphatic carbocycles. The highest BCUT2D eigenvalue weighted by atomic mass is 16.5.